The summed E-state index contributed by atoms with van der Waals surface area (Å²) in [5.41, 5.74) is 2.48. The van der Waals surface area contributed by atoms with Gasteiger partial charge in [-0.3, -0.25) is 4.79 Å². The van der Waals surface area contributed by atoms with E-state index in [2.05, 4.69) is 0 Å². The molecule has 0 fully saturated rings. The smallest absolute Gasteiger partial charge is 0.192 e. The van der Waals surface area contributed by atoms with Crippen LogP contribution in [0.15, 0.2) is 35.4 Å². The summed E-state index contributed by atoms with van der Waals surface area (Å²) in [7, 11) is 0. The highest BCUT2D eigenvalue weighted by Gasteiger charge is 2.19. The van der Waals surface area contributed by atoms with E-state index in [9.17, 15) is 4.79 Å². The van der Waals surface area contributed by atoms with Crippen molar-refractivity contribution in [2.75, 3.05) is 6.61 Å². The third-order valence-corrected chi connectivity index (χ3v) is 2.56. The van der Waals surface area contributed by atoms with Crippen LogP contribution in [0.5, 0.6) is 5.75 Å². The van der Waals surface area contributed by atoms with Gasteiger partial charge in [0.2, 0.25) is 0 Å². The molecule has 2 heteroatoms. The van der Waals surface area contributed by atoms with Gasteiger partial charge < -0.3 is 4.74 Å². The molecule has 2 nitrogen and oxygen atoms in total. The van der Waals surface area contributed by atoms with Gasteiger partial charge in [-0.2, -0.15) is 0 Å². The summed E-state index contributed by atoms with van der Waals surface area (Å²) < 4.78 is 5.52. The lowest BCUT2D eigenvalue weighted by Gasteiger charge is -2.04. The van der Waals surface area contributed by atoms with E-state index in [1.807, 2.05) is 32.0 Å². The molecule has 72 valence electrons. The van der Waals surface area contributed by atoms with Crippen LogP contribution in [-0.4, -0.2) is 12.4 Å². The first-order chi connectivity index (χ1) is 6.70. The lowest BCUT2D eigenvalue weighted by molar-refractivity contribution is 0.103. The second-order valence-electron chi connectivity index (χ2n) is 3.52. The molecule has 0 atom stereocenters. The molecular formula is C12H12O2. The summed E-state index contributed by atoms with van der Waals surface area (Å²) in [5, 5.41) is 0. The van der Waals surface area contributed by atoms with E-state index < -0.39 is 0 Å². The Balaban J connectivity index is 2.56. The molecule has 1 aliphatic rings. The first-order valence-electron chi connectivity index (χ1n) is 4.63. The number of hydrogen-bond donors (Lipinski definition) is 0. The van der Waals surface area contributed by atoms with Gasteiger partial charge in [0, 0.05) is 0 Å². The van der Waals surface area contributed by atoms with Crippen LogP contribution >= 0.6 is 0 Å². The highest BCUT2D eigenvalue weighted by Crippen LogP contribution is 2.26. The number of carbonyl (C=O) groups excluding carboxylic acids is 1. The van der Waals surface area contributed by atoms with Crippen molar-refractivity contribution in [2.45, 2.75) is 13.8 Å². The Kier molecular flexibility index (Phi) is 2.12. The van der Waals surface area contributed by atoms with Gasteiger partial charge in [-0.05, 0) is 37.1 Å². The summed E-state index contributed by atoms with van der Waals surface area (Å²) in [6.07, 6.45) is 0. The topological polar surface area (TPSA) is 26.3 Å². The Bertz CT molecular complexity index is 416. The van der Waals surface area contributed by atoms with Gasteiger partial charge in [-0.15, -0.1) is 0 Å². The Morgan fingerprint density at radius 1 is 1.21 bits per heavy atom. The first-order valence-corrected chi connectivity index (χ1v) is 4.63. The van der Waals surface area contributed by atoms with Crippen molar-refractivity contribution in [3.05, 3.63) is 41.0 Å². The maximum Gasteiger partial charge on any atom is 0.192 e. The molecule has 0 radical (unpaired) electrons. The molecule has 0 amide bonds. The predicted molar refractivity (Wildman–Crippen MR) is 54.6 cm³/mol. The number of para-hydroxylation sites is 1. The number of rotatable bonds is 0. The maximum absolute atomic E-state index is 11.9. The van der Waals surface area contributed by atoms with Crippen LogP contribution in [0.1, 0.15) is 24.2 Å². The number of ether oxygens (including phenoxy) is 1. The lowest BCUT2D eigenvalue weighted by Crippen LogP contribution is -2.00. The Morgan fingerprint density at radius 3 is 2.71 bits per heavy atom. The van der Waals surface area contributed by atoms with Crippen LogP contribution in [0.25, 0.3) is 0 Å². The Labute approximate surface area is 83.2 Å². The van der Waals surface area contributed by atoms with Crippen molar-refractivity contribution >= 4 is 5.78 Å². The molecule has 0 unspecified atom stereocenters. The van der Waals surface area contributed by atoms with Crippen molar-refractivity contribution in [3.63, 3.8) is 0 Å². The molecule has 0 aromatic heterocycles. The van der Waals surface area contributed by atoms with Crippen LogP contribution in [0.4, 0.5) is 0 Å². The minimum Gasteiger partial charge on any atom is -0.488 e. The molecule has 2 rings (SSSR count). The SMILES string of the molecule is CC1=C(C)C(=O)c2ccccc2OC1. The van der Waals surface area contributed by atoms with Gasteiger partial charge >= 0.3 is 0 Å². The van der Waals surface area contributed by atoms with Crippen molar-refractivity contribution in [1.82, 2.24) is 0 Å². The number of benzene rings is 1. The fourth-order valence-electron chi connectivity index (χ4n) is 1.47. The van der Waals surface area contributed by atoms with Gasteiger partial charge in [0.1, 0.15) is 12.4 Å². The number of Topliss-reactive ketones (excluding diaryl/α,β-unsaturated/α-hetero) is 1. The Morgan fingerprint density at radius 2 is 1.93 bits per heavy atom. The highest BCUT2D eigenvalue weighted by molar-refractivity contribution is 6.10. The van der Waals surface area contributed by atoms with Crippen molar-refractivity contribution in [3.8, 4) is 5.75 Å². The minimum absolute atomic E-state index is 0.0793. The number of carbonyl (C=O) groups is 1. The minimum atomic E-state index is 0.0793. The van der Waals surface area contributed by atoms with Gasteiger partial charge in [-0.1, -0.05) is 12.1 Å². The zero-order chi connectivity index (χ0) is 10.1. The fourth-order valence-corrected chi connectivity index (χ4v) is 1.47. The molecule has 0 spiro atoms. The van der Waals surface area contributed by atoms with E-state index in [1.165, 1.54) is 0 Å². The quantitative estimate of drug-likeness (QED) is 0.625. The standard InChI is InChI=1S/C12H12O2/c1-8-7-14-11-6-4-3-5-10(11)12(13)9(8)2/h3-6H,7H2,1-2H3. The molecule has 0 saturated heterocycles. The molecule has 1 aromatic carbocycles. The monoisotopic (exact) mass is 188 g/mol. The molecular weight excluding hydrogens is 176 g/mol. The van der Waals surface area contributed by atoms with E-state index in [-0.39, 0.29) is 5.78 Å². The van der Waals surface area contributed by atoms with Crippen molar-refractivity contribution in [1.29, 1.82) is 0 Å². The normalized spacial score (nSPS) is 16.0. The zero-order valence-corrected chi connectivity index (χ0v) is 8.33. The van der Waals surface area contributed by atoms with E-state index in [0.29, 0.717) is 17.9 Å². The number of hydrogen-bond acceptors (Lipinski definition) is 2. The van der Waals surface area contributed by atoms with E-state index in [0.717, 1.165) is 11.1 Å². The molecule has 0 saturated carbocycles. The third-order valence-electron chi connectivity index (χ3n) is 2.56. The fraction of sp³-hybridized carbons (Fsp3) is 0.250. The lowest BCUT2D eigenvalue weighted by atomic mass is 10.0. The summed E-state index contributed by atoms with van der Waals surface area (Å²) in [6, 6.07) is 7.37. The van der Waals surface area contributed by atoms with Crippen molar-refractivity contribution < 1.29 is 9.53 Å². The van der Waals surface area contributed by atoms with E-state index in [1.54, 1.807) is 6.07 Å². The molecule has 1 aromatic rings. The third kappa shape index (κ3) is 1.33. The summed E-state index contributed by atoms with van der Waals surface area (Å²) in [5.74, 6) is 0.768. The second kappa shape index (κ2) is 3.29. The molecule has 1 heterocycles. The van der Waals surface area contributed by atoms with Crippen LogP contribution in [0, 0.1) is 0 Å². The van der Waals surface area contributed by atoms with E-state index in [4.69, 9.17) is 4.74 Å². The van der Waals surface area contributed by atoms with Gasteiger partial charge in [0.25, 0.3) is 0 Å². The molecule has 1 aliphatic heterocycles. The Hall–Kier alpha value is -1.57. The summed E-state index contributed by atoms with van der Waals surface area (Å²) in [4.78, 5) is 11.9. The van der Waals surface area contributed by atoms with Gasteiger partial charge in [-0.25, -0.2) is 0 Å². The first kappa shape index (κ1) is 9.00. The van der Waals surface area contributed by atoms with Crippen molar-refractivity contribution in [2.24, 2.45) is 0 Å². The largest absolute Gasteiger partial charge is 0.488 e. The average Bonchev–Trinajstić information content (AvgIpc) is 2.32. The number of allylic oxidation sites excluding steroid dienone is 1. The van der Waals surface area contributed by atoms with Gasteiger partial charge in [0.15, 0.2) is 5.78 Å². The molecule has 0 aliphatic carbocycles. The van der Waals surface area contributed by atoms with E-state index >= 15 is 0 Å². The average molecular weight is 188 g/mol. The van der Waals surface area contributed by atoms with Crippen LogP contribution in [0.3, 0.4) is 0 Å². The predicted octanol–water partition coefficient (Wildman–Crippen LogP) is 2.60. The summed E-state index contributed by atoms with van der Waals surface area (Å²) in [6.45, 7) is 4.29. The maximum atomic E-state index is 11.9. The molecule has 0 N–H and O–H groups in total. The second-order valence-corrected chi connectivity index (χ2v) is 3.52. The molecule has 14 heavy (non-hydrogen) atoms. The van der Waals surface area contributed by atoms with Crippen LogP contribution in [-0.2, 0) is 0 Å². The highest BCUT2D eigenvalue weighted by atomic mass is 16.5. The number of ketones is 1. The van der Waals surface area contributed by atoms with Gasteiger partial charge in [0.05, 0.1) is 5.56 Å². The number of fused-ring (bicyclic) bond motifs is 1. The zero-order valence-electron chi connectivity index (χ0n) is 8.33. The van der Waals surface area contributed by atoms with Crippen LogP contribution < -0.4 is 4.74 Å². The molecule has 0 bridgehead atoms. The summed E-state index contributed by atoms with van der Waals surface area (Å²) >= 11 is 0. The van der Waals surface area contributed by atoms with Crippen LogP contribution in [0.2, 0.25) is 0 Å².